The van der Waals surface area contributed by atoms with Crippen LogP contribution in [-0.4, -0.2) is 4.99 Å². The van der Waals surface area contributed by atoms with Crippen LogP contribution in [0.25, 0.3) is 0 Å². The summed E-state index contributed by atoms with van der Waals surface area (Å²) in [6.45, 7) is 1.90. The molecule has 5 heteroatoms. The molecule has 0 amide bonds. The van der Waals surface area contributed by atoms with Gasteiger partial charge < -0.3 is 11.1 Å². The fourth-order valence-electron chi connectivity index (χ4n) is 1.76. The molecular formula is C14H12ClFN2S. The second-order valence-corrected chi connectivity index (χ2v) is 5.02. The summed E-state index contributed by atoms with van der Waals surface area (Å²) in [4.78, 5) is 0.349. The second-order valence-electron chi connectivity index (χ2n) is 4.14. The van der Waals surface area contributed by atoms with Crippen LogP contribution < -0.4 is 11.1 Å². The van der Waals surface area contributed by atoms with Crippen molar-refractivity contribution in [2.24, 2.45) is 5.73 Å². The lowest BCUT2D eigenvalue weighted by atomic mass is 10.1. The number of nitrogens with two attached hydrogens (primary N) is 1. The standard InChI is InChI=1S/C14H12ClFN2S/c1-8-6-10(3-4-11(8)14(17)19)18-13-5-2-9(15)7-12(13)16/h2-7,18H,1H3,(H2,17,19). The van der Waals surface area contributed by atoms with E-state index in [1.165, 1.54) is 6.07 Å². The van der Waals surface area contributed by atoms with Gasteiger partial charge in [0.15, 0.2) is 0 Å². The van der Waals surface area contributed by atoms with E-state index in [0.717, 1.165) is 16.8 Å². The minimum atomic E-state index is -0.399. The fourth-order valence-corrected chi connectivity index (χ4v) is 2.15. The number of aryl methyl sites for hydroxylation is 1. The first-order valence-corrected chi connectivity index (χ1v) is 6.38. The van der Waals surface area contributed by atoms with Gasteiger partial charge in [0.2, 0.25) is 0 Å². The molecule has 2 aromatic rings. The lowest BCUT2D eigenvalue weighted by Gasteiger charge is -2.10. The molecule has 98 valence electrons. The number of thiocarbonyl (C=S) groups is 1. The lowest BCUT2D eigenvalue weighted by molar-refractivity contribution is 0.632. The Morgan fingerprint density at radius 3 is 2.58 bits per heavy atom. The predicted molar refractivity (Wildman–Crippen MR) is 81.8 cm³/mol. The van der Waals surface area contributed by atoms with Gasteiger partial charge in [-0.05, 0) is 48.9 Å². The molecule has 2 rings (SSSR count). The highest BCUT2D eigenvalue weighted by molar-refractivity contribution is 7.80. The Morgan fingerprint density at radius 1 is 1.26 bits per heavy atom. The van der Waals surface area contributed by atoms with E-state index in [-0.39, 0.29) is 0 Å². The molecule has 19 heavy (non-hydrogen) atoms. The van der Waals surface area contributed by atoms with Crippen molar-refractivity contribution >= 4 is 40.2 Å². The Hall–Kier alpha value is -1.65. The van der Waals surface area contributed by atoms with Gasteiger partial charge >= 0.3 is 0 Å². The third-order valence-corrected chi connectivity index (χ3v) is 3.16. The Balaban J connectivity index is 2.29. The molecule has 0 saturated carbocycles. The molecule has 0 aliphatic carbocycles. The molecule has 0 radical (unpaired) electrons. The molecule has 0 spiro atoms. The average Bonchev–Trinajstić information content (AvgIpc) is 2.32. The molecule has 2 aromatic carbocycles. The van der Waals surface area contributed by atoms with Gasteiger partial charge in [-0.2, -0.15) is 0 Å². The van der Waals surface area contributed by atoms with Crippen molar-refractivity contribution in [3.05, 3.63) is 58.4 Å². The van der Waals surface area contributed by atoms with Crippen molar-refractivity contribution in [2.45, 2.75) is 6.92 Å². The number of benzene rings is 2. The summed E-state index contributed by atoms with van der Waals surface area (Å²) < 4.78 is 13.7. The molecule has 2 nitrogen and oxygen atoms in total. The van der Waals surface area contributed by atoms with Crippen LogP contribution >= 0.6 is 23.8 Å². The number of nitrogens with one attached hydrogen (secondary N) is 1. The third-order valence-electron chi connectivity index (χ3n) is 2.70. The summed E-state index contributed by atoms with van der Waals surface area (Å²) >= 11 is 10.6. The van der Waals surface area contributed by atoms with Crippen LogP contribution in [0.3, 0.4) is 0 Å². The summed E-state index contributed by atoms with van der Waals surface area (Å²) in [7, 11) is 0. The van der Waals surface area contributed by atoms with Crippen molar-refractivity contribution < 1.29 is 4.39 Å². The smallest absolute Gasteiger partial charge is 0.148 e. The third kappa shape index (κ3) is 3.22. The van der Waals surface area contributed by atoms with Crippen LogP contribution in [0.15, 0.2) is 36.4 Å². The molecule has 3 N–H and O–H groups in total. The molecular weight excluding hydrogens is 283 g/mol. The Labute approximate surface area is 121 Å². The Morgan fingerprint density at radius 2 is 2.00 bits per heavy atom. The Kier molecular flexibility index (Phi) is 4.02. The van der Waals surface area contributed by atoms with E-state index in [0.29, 0.717) is 15.7 Å². The summed E-state index contributed by atoms with van der Waals surface area (Å²) in [5.41, 5.74) is 8.48. The number of hydrogen-bond acceptors (Lipinski definition) is 2. The van der Waals surface area contributed by atoms with Gasteiger partial charge in [-0.25, -0.2) is 4.39 Å². The monoisotopic (exact) mass is 294 g/mol. The van der Waals surface area contributed by atoms with Crippen molar-refractivity contribution in [1.82, 2.24) is 0 Å². The van der Waals surface area contributed by atoms with Crippen molar-refractivity contribution in [2.75, 3.05) is 5.32 Å². The van der Waals surface area contributed by atoms with E-state index in [1.807, 2.05) is 19.1 Å². The minimum Gasteiger partial charge on any atom is -0.389 e. The van der Waals surface area contributed by atoms with Crippen LogP contribution in [0.4, 0.5) is 15.8 Å². The minimum absolute atomic E-state index is 0.349. The highest BCUT2D eigenvalue weighted by Gasteiger charge is 2.06. The van der Waals surface area contributed by atoms with Gasteiger partial charge in [-0.1, -0.05) is 23.8 Å². The SMILES string of the molecule is Cc1cc(Nc2ccc(Cl)cc2F)ccc1C(N)=S. The van der Waals surface area contributed by atoms with E-state index in [4.69, 9.17) is 29.6 Å². The first-order chi connectivity index (χ1) is 8.97. The number of rotatable bonds is 3. The number of anilines is 2. The van der Waals surface area contributed by atoms with E-state index < -0.39 is 5.82 Å². The van der Waals surface area contributed by atoms with E-state index in [2.05, 4.69) is 5.32 Å². The molecule has 0 saturated heterocycles. The molecule has 0 heterocycles. The highest BCUT2D eigenvalue weighted by atomic mass is 35.5. The lowest BCUT2D eigenvalue weighted by Crippen LogP contribution is -2.11. The number of halogens is 2. The van der Waals surface area contributed by atoms with E-state index >= 15 is 0 Å². The van der Waals surface area contributed by atoms with E-state index in [9.17, 15) is 4.39 Å². The zero-order valence-electron chi connectivity index (χ0n) is 10.2. The van der Waals surface area contributed by atoms with Gasteiger partial charge in [0, 0.05) is 16.3 Å². The van der Waals surface area contributed by atoms with E-state index in [1.54, 1.807) is 18.2 Å². The molecule has 0 fully saturated rings. The molecule has 0 atom stereocenters. The van der Waals surface area contributed by atoms with Gasteiger partial charge in [0.1, 0.15) is 10.8 Å². The summed E-state index contributed by atoms with van der Waals surface area (Å²) in [6.07, 6.45) is 0. The van der Waals surface area contributed by atoms with Crippen LogP contribution in [0.5, 0.6) is 0 Å². The summed E-state index contributed by atoms with van der Waals surface area (Å²) in [5, 5.41) is 3.35. The van der Waals surface area contributed by atoms with Crippen LogP contribution in [0.2, 0.25) is 5.02 Å². The van der Waals surface area contributed by atoms with Crippen LogP contribution in [0, 0.1) is 12.7 Å². The van der Waals surface area contributed by atoms with Crippen molar-refractivity contribution in [3.8, 4) is 0 Å². The zero-order chi connectivity index (χ0) is 14.0. The van der Waals surface area contributed by atoms with Crippen molar-refractivity contribution in [3.63, 3.8) is 0 Å². The van der Waals surface area contributed by atoms with Gasteiger partial charge in [-0.3, -0.25) is 0 Å². The molecule has 0 unspecified atom stereocenters. The summed E-state index contributed by atoms with van der Waals surface area (Å²) in [5.74, 6) is -0.399. The van der Waals surface area contributed by atoms with Gasteiger partial charge in [0.05, 0.1) is 5.69 Å². The maximum absolute atomic E-state index is 13.7. The molecule has 0 aliphatic rings. The van der Waals surface area contributed by atoms with Crippen molar-refractivity contribution in [1.29, 1.82) is 0 Å². The topological polar surface area (TPSA) is 38.0 Å². The normalized spacial score (nSPS) is 10.3. The first kappa shape index (κ1) is 13.8. The molecule has 0 aliphatic heterocycles. The Bertz CT molecular complexity index is 643. The zero-order valence-corrected chi connectivity index (χ0v) is 11.8. The van der Waals surface area contributed by atoms with Crippen LogP contribution in [0.1, 0.15) is 11.1 Å². The highest BCUT2D eigenvalue weighted by Crippen LogP contribution is 2.24. The maximum atomic E-state index is 13.7. The second kappa shape index (κ2) is 5.55. The quantitative estimate of drug-likeness (QED) is 0.835. The molecule has 0 bridgehead atoms. The molecule has 0 aromatic heterocycles. The van der Waals surface area contributed by atoms with Crippen LogP contribution in [-0.2, 0) is 0 Å². The van der Waals surface area contributed by atoms with Gasteiger partial charge in [-0.15, -0.1) is 0 Å². The number of hydrogen-bond donors (Lipinski definition) is 2. The van der Waals surface area contributed by atoms with Gasteiger partial charge in [0.25, 0.3) is 0 Å². The maximum Gasteiger partial charge on any atom is 0.148 e. The largest absolute Gasteiger partial charge is 0.389 e. The first-order valence-electron chi connectivity index (χ1n) is 5.60. The average molecular weight is 295 g/mol. The summed E-state index contributed by atoms with van der Waals surface area (Å²) in [6, 6.07) is 9.96. The fraction of sp³-hybridized carbons (Fsp3) is 0.0714. The predicted octanol–water partition coefficient (Wildman–Crippen LogP) is 4.17.